The fourth-order valence-electron chi connectivity index (χ4n) is 2.79. The molecule has 3 rings (SSSR count). The standard InChI is InChI=1S/C15H23N3O4/c1-17(4-6-19)9-12-10-21-7-5-18(12)15(20)13-8-14(22-16-13)11-2-3-11/h8,11-12,19H,2-7,9-10H2,1H3/t12-/m1/s1. The second-order valence-corrected chi connectivity index (χ2v) is 6.10. The SMILES string of the molecule is CN(CCO)C[C@@H]1COCCN1C(=O)c1cc(C2CC2)on1. The van der Waals surface area contributed by atoms with Crippen molar-refractivity contribution in [2.24, 2.45) is 0 Å². The Morgan fingerprint density at radius 1 is 1.55 bits per heavy atom. The lowest BCUT2D eigenvalue weighted by atomic mass is 10.2. The second kappa shape index (κ2) is 6.76. The smallest absolute Gasteiger partial charge is 0.276 e. The van der Waals surface area contributed by atoms with Gasteiger partial charge >= 0.3 is 0 Å². The number of carbonyl (C=O) groups is 1. The first kappa shape index (κ1) is 15.5. The number of nitrogens with zero attached hydrogens (tertiary/aromatic N) is 3. The van der Waals surface area contributed by atoms with E-state index in [9.17, 15) is 4.79 Å². The highest BCUT2D eigenvalue weighted by Crippen LogP contribution is 2.40. The summed E-state index contributed by atoms with van der Waals surface area (Å²) in [7, 11) is 1.93. The van der Waals surface area contributed by atoms with Gasteiger partial charge in [-0.3, -0.25) is 4.79 Å². The predicted octanol–water partition coefficient (Wildman–Crippen LogP) is 0.317. The summed E-state index contributed by atoms with van der Waals surface area (Å²) < 4.78 is 10.8. The number of aliphatic hydroxyl groups is 1. The second-order valence-electron chi connectivity index (χ2n) is 6.10. The topological polar surface area (TPSA) is 79.0 Å². The highest BCUT2D eigenvalue weighted by molar-refractivity contribution is 5.92. The van der Waals surface area contributed by atoms with Crippen LogP contribution in [0.25, 0.3) is 0 Å². The molecule has 122 valence electrons. The molecule has 22 heavy (non-hydrogen) atoms. The molecule has 0 unspecified atom stereocenters. The molecular weight excluding hydrogens is 286 g/mol. The Hall–Kier alpha value is -1.44. The summed E-state index contributed by atoms with van der Waals surface area (Å²) >= 11 is 0. The van der Waals surface area contributed by atoms with Gasteiger partial charge in [-0.1, -0.05) is 5.16 Å². The summed E-state index contributed by atoms with van der Waals surface area (Å²) in [6.45, 7) is 2.95. The zero-order valence-electron chi connectivity index (χ0n) is 12.9. The van der Waals surface area contributed by atoms with Gasteiger partial charge in [0, 0.05) is 31.6 Å². The van der Waals surface area contributed by atoms with E-state index in [1.54, 1.807) is 6.07 Å². The molecule has 1 aliphatic heterocycles. The van der Waals surface area contributed by atoms with Crippen LogP contribution >= 0.6 is 0 Å². The molecule has 2 fully saturated rings. The molecule has 1 saturated carbocycles. The van der Waals surface area contributed by atoms with Crippen molar-refractivity contribution in [2.75, 3.05) is 46.5 Å². The van der Waals surface area contributed by atoms with Gasteiger partial charge in [0.25, 0.3) is 5.91 Å². The summed E-state index contributed by atoms with van der Waals surface area (Å²) in [5.74, 6) is 1.18. The fourth-order valence-corrected chi connectivity index (χ4v) is 2.79. The van der Waals surface area contributed by atoms with Gasteiger partial charge in [0.2, 0.25) is 0 Å². The van der Waals surface area contributed by atoms with Crippen molar-refractivity contribution in [3.8, 4) is 0 Å². The monoisotopic (exact) mass is 309 g/mol. The molecule has 2 aliphatic rings. The number of hydrogen-bond donors (Lipinski definition) is 1. The molecule has 1 amide bonds. The quantitative estimate of drug-likeness (QED) is 0.815. The average Bonchev–Trinajstić information content (AvgIpc) is 3.25. The number of hydrogen-bond acceptors (Lipinski definition) is 6. The highest BCUT2D eigenvalue weighted by atomic mass is 16.5. The Morgan fingerprint density at radius 2 is 2.36 bits per heavy atom. The van der Waals surface area contributed by atoms with Gasteiger partial charge in [0.1, 0.15) is 5.76 Å². The van der Waals surface area contributed by atoms with E-state index in [1.165, 1.54) is 0 Å². The van der Waals surface area contributed by atoms with Crippen LogP contribution in [-0.4, -0.2) is 78.5 Å². The lowest BCUT2D eigenvalue weighted by Gasteiger charge is -2.37. The van der Waals surface area contributed by atoms with Crippen molar-refractivity contribution < 1.29 is 19.2 Å². The van der Waals surface area contributed by atoms with Gasteiger partial charge < -0.3 is 24.2 Å². The Bertz CT molecular complexity index is 515. The van der Waals surface area contributed by atoms with Crippen molar-refractivity contribution in [2.45, 2.75) is 24.8 Å². The van der Waals surface area contributed by atoms with Crippen LogP contribution in [0.15, 0.2) is 10.6 Å². The van der Waals surface area contributed by atoms with Crippen LogP contribution < -0.4 is 0 Å². The van der Waals surface area contributed by atoms with Crippen LogP contribution in [0.2, 0.25) is 0 Å². The Labute approximate surface area is 129 Å². The van der Waals surface area contributed by atoms with Crippen molar-refractivity contribution in [1.82, 2.24) is 15.0 Å². The van der Waals surface area contributed by atoms with E-state index in [-0.39, 0.29) is 18.6 Å². The Balaban J connectivity index is 1.67. The number of likely N-dealkylation sites (N-methyl/N-ethyl adjacent to an activating group) is 1. The lowest BCUT2D eigenvalue weighted by molar-refractivity contribution is -0.0113. The van der Waals surface area contributed by atoms with Gasteiger partial charge in [0.15, 0.2) is 5.69 Å². The molecule has 1 aliphatic carbocycles. The molecule has 1 aromatic rings. The van der Waals surface area contributed by atoms with Gasteiger partial charge in [-0.05, 0) is 19.9 Å². The molecule has 1 saturated heterocycles. The molecule has 1 aromatic heterocycles. The predicted molar refractivity (Wildman–Crippen MR) is 78.7 cm³/mol. The molecule has 7 nitrogen and oxygen atoms in total. The van der Waals surface area contributed by atoms with E-state index in [1.807, 2.05) is 16.8 Å². The summed E-state index contributed by atoms with van der Waals surface area (Å²) in [6, 6.07) is 1.75. The minimum Gasteiger partial charge on any atom is -0.395 e. The van der Waals surface area contributed by atoms with Crippen LogP contribution in [0.4, 0.5) is 0 Å². The van der Waals surface area contributed by atoms with E-state index in [2.05, 4.69) is 5.16 Å². The molecule has 0 spiro atoms. The third-order valence-corrected chi connectivity index (χ3v) is 4.22. The minimum atomic E-state index is -0.0960. The van der Waals surface area contributed by atoms with Crippen molar-refractivity contribution >= 4 is 5.91 Å². The van der Waals surface area contributed by atoms with Gasteiger partial charge in [-0.2, -0.15) is 0 Å². The number of morpholine rings is 1. The lowest BCUT2D eigenvalue weighted by Crippen LogP contribution is -2.53. The minimum absolute atomic E-state index is 0.0288. The fraction of sp³-hybridized carbons (Fsp3) is 0.733. The number of aliphatic hydroxyl groups excluding tert-OH is 1. The zero-order valence-corrected chi connectivity index (χ0v) is 12.9. The first-order valence-electron chi connectivity index (χ1n) is 7.83. The van der Waals surface area contributed by atoms with Crippen molar-refractivity contribution in [1.29, 1.82) is 0 Å². The number of amides is 1. The Morgan fingerprint density at radius 3 is 3.09 bits per heavy atom. The number of rotatable bonds is 6. The molecule has 0 bridgehead atoms. The molecule has 1 atom stereocenters. The van der Waals surface area contributed by atoms with Gasteiger partial charge in [-0.25, -0.2) is 0 Å². The maximum absolute atomic E-state index is 12.7. The van der Waals surface area contributed by atoms with E-state index in [0.29, 0.717) is 44.5 Å². The molecule has 2 heterocycles. The highest BCUT2D eigenvalue weighted by Gasteiger charge is 2.33. The molecular formula is C15H23N3O4. The van der Waals surface area contributed by atoms with Crippen LogP contribution in [0, 0.1) is 0 Å². The van der Waals surface area contributed by atoms with Crippen LogP contribution in [0.5, 0.6) is 0 Å². The third-order valence-electron chi connectivity index (χ3n) is 4.22. The van der Waals surface area contributed by atoms with E-state index in [4.69, 9.17) is 14.4 Å². The van der Waals surface area contributed by atoms with Crippen molar-refractivity contribution in [3.05, 3.63) is 17.5 Å². The Kier molecular flexibility index (Phi) is 4.75. The first-order chi connectivity index (χ1) is 10.7. The van der Waals surface area contributed by atoms with Crippen LogP contribution in [0.3, 0.4) is 0 Å². The number of aromatic nitrogens is 1. The summed E-state index contributed by atoms with van der Waals surface area (Å²) in [4.78, 5) is 16.5. The zero-order chi connectivity index (χ0) is 15.5. The molecule has 0 aromatic carbocycles. The number of carbonyl (C=O) groups excluding carboxylic acids is 1. The third kappa shape index (κ3) is 3.48. The summed E-state index contributed by atoms with van der Waals surface area (Å²) in [6.07, 6.45) is 2.24. The summed E-state index contributed by atoms with van der Waals surface area (Å²) in [5, 5.41) is 12.9. The molecule has 7 heteroatoms. The number of ether oxygens (including phenoxy) is 1. The van der Waals surface area contributed by atoms with Crippen LogP contribution in [0.1, 0.15) is 35.0 Å². The molecule has 0 radical (unpaired) electrons. The molecule has 1 N–H and O–H groups in total. The van der Waals surface area contributed by atoms with Crippen molar-refractivity contribution in [3.63, 3.8) is 0 Å². The maximum Gasteiger partial charge on any atom is 0.276 e. The van der Waals surface area contributed by atoms with Gasteiger partial charge in [-0.15, -0.1) is 0 Å². The largest absolute Gasteiger partial charge is 0.395 e. The van der Waals surface area contributed by atoms with Crippen LogP contribution in [-0.2, 0) is 4.74 Å². The average molecular weight is 309 g/mol. The van der Waals surface area contributed by atoms with E-state index in [0.717, 1.165) is 18.6 Å². The maximum atomic E-state index is 12.7. The normalized spacial score (nSPS) is 22.3. The van der Waals surface area contributed by atoms with Gasteiger partial charge in [0.05, 0.1) is 25.9 Å². The first-order valence-corrected chi connectivity index (χ1v) is 7.83. The van der Waals surface area contributed by atoms with E-state index < -0.39 is 0 Å². The summed E-state index contributed by atoms with van der Waals surface area (Å²) in [5.41, 5.74) is 0.388. The van der Waals surface area contributed by atoms with E-state index >= 15 is 0 Å².